The second-order valence-electron chi connectivity index (χ2n) is 8.54. The Morgan fingerprint density at radius 3 is 2.38 bits per heavy atom. The monoisotopic (exact) mass is 500 g/mol. The lowest BCUT2D eigenvalue weighted by atomic mass is 10.2. The fourth-order valence-corrected chi connectivity index (χ4v) is 4.24. The Bertz CT molecular complexity index is 1410. The minimum absolute atomic E-state index is 0.0379. The minimum atomic E-state index is -0.555. The molecule has 0 bridgehead atoms. The summed E-state index contributed by atoms with van der Waals surface area (Å²) in [7, 11) is 0. The molecule has 1 aliphatic heterocycles. The molecule has 0 radical (unpaired) electrons. The van der Waals surface area contributed by atoms with Crippen LogP contribution in [0.3, 0.4) is 0 Å². The standard InChI is InChI=1S/C27H24N4O6/c32-26(18-36-24-8-4-2-6-22(24)31(34)35)28-20-9-11-21(12-10-20)29-13-15-30(16-14-29)27(33)25-17-19-5-1-3-7-23(19)37-25/h1-12,17H,13-16,18H2,(H,28,32). The lowest BCUT2D eigenvalue weighted by Crippen LogP contribution is -2.48. The maximum Gasteiger partial charge on any atom is 0.310 e. The third-order valence-electron chi connectivity index (χ3n) is 6.14. The number of carbonyl (C=O) groups excluding carboxylic acids is 2. The predicted octanol–water partition coefficient (Wildman–Crippen LogP) is 4.32. The highest BCUT2D eigenvalue weighted by Gasteiger charge is 2.25. The number of anilines is 2. The Kier molecular flexibility index (Phi) is 6.71. The highest BCUT2D eigenvalue weighted by molar-refractivity contribution is 5.96. The smallest absolute Gasteiger partial charge is 0.310 e. The molecule has 0 atom stereocenters. The van der Waals surface area contributed by atoms with E-state index in [9.17, 15) is 19.7 Å². The van der Waals surface area contributed by atoms with Gasteiger partial charge in [-0.1, -0.05) is 30.3 Å². The van der Waals surface area contributed by atoms with Gasteiger partial charge in [0.25, 0.3) is 11.8 Å². The summed E-state index contributed by atoms with van der Waals surface area (Å²) < 4.78 is 11.0. The first-order valence-electron chi connectivity index (χ1n) is 11.8. The summed E-state index contributed by atoms with van der Waals surface area (Å²) in [5.74, 6) is -0.155. The summed E-state index contributed by atoms with van der Waals surface area (Å²) in [6, 6.07) is 22.6. The molecule has 2 amide bonds. The highest BCUT2D eigenvalue weighted by Crippen LogP contribution is 2.26. The molecule has 1 fully saturated rings. The number of nitrogens with one attached hydrogen (secondary N) is 1. The van der Waals surface area contributed by atoms with Gasteiger partial charge in [-0.05, 0) is 42.5 Å². The number of piperazine rings is 1. The van der Waals surface area contributed by atoms with E-state index in [1.807, 2.05) is 36.4 Å². The zero-order chi connectivity index (χ0) is 25.8. The number of ether oxygens (including phenoxy) is 1. The molecule has 1 N–H and O–H groups in total. The third kappa shape index (κ3) is 5.37. The van der Waals surface area contributed by atoms with Crippen molar-refractivity contribution in [3.05, 3.63) is 94.7 Å². The molecule has 188 valence electrons. The molecule has 0 unspecified atom stereocenters. The summed E-state index contributed by atoms with van der Waals surface area (Å²) >= 11 is 0. The van der Waals surface area contributed by atoms with E-state index in [1.54, 1.807) is 29.2 Å². The van der Waals surface area contributed by atoms with Crippen molar-refractivity contribution in [1.82, 2.24) is 4.90 Å². The van der Waals surface area contributed by atoms with Gasteiger partial charge in [0.1, 0.15) is 5.58 Å². The van der Waals surface area contributed by atoms with Gasteiger partial charge < -0.3 is 24.3 Å². The Morgan fingerprint density at radius 1 is 0.946 bits per heavy atom. The van der Waals surface area contributed by atoms with Crippen molar-refractivity contribution in [3.63, 3.8) is 0 Å². The first-order valence-corrected chi connectivity index (χ1v) is 11.8. The molecule has 1 aliphatic rings. The van der Waals surface area contributed by atoms with E-state index < -0.39 is 10.8 Å². The fourth-order valence-electron chi connectivity index (χ4n) is 4.24. The number of amides is 2. The van der Waals surface area contributed by atoms with Gasteiger partial charge in [-0.15, -0.1) is 0 Å². The predicted molar refractivity (Wildman–Crippen MR) is 138 cm³/mol. The quantitative estimate of drug-likeness (QED) is 0.297. The number of nitro benzene ring substituents is 1. The van der Waals surface area contributed by atoms with Crippen LogP contribution in [-0.2, 0) is 4.79 Å². The Hall–Kier alpha value is -4.86. The number of hydrogen-bond acceptors (Lipinski definition) is 7. The van der Waals surface area contributed by atoms with Gasteiger partial charge >= 0.3 is 5.69 Å². The van der Waals surface area contributed by atoms with E-state index in [0.717, 1.165) is 11.1 Å². The molecule has 0 spiro atoms. The summed E-state index contributed by atoms with van der Waals surface area (Å²) in [6.07, 6.45) is 0. The molecule has 1 saturated heterocycles. The van der Waals surface area contributed by atoms with Gasteiger partial charge in [-0.3, -0.25) is 19.7 Å². The average Bonchev–Trinajstić information content (AvgIpc) is 3.37. The van der Waals surface area contributed by atoms with Crippen LogP contribution < -0.4 is 15.0 Å². The number of rotatable bonds is 7. The molecule has 0 aliphatic carbocycles. The maximum absolute atomic E-state index is 12.9. The summed E-state index contributed by atoms with van der Waals surface area (Å²) in [5.41, 5.74) is 2.06. The molecule has 4 aromatic rings. The van der Waals surface area contributed by atoms with E-state index in [-0.39, 0.29) is 24.0 Å². The number of nitrogens with zero attached hydrogens (tertiary/aromatic N) is 3. The van der Waals surface area contributed by atoms with Gasteiger partial charge in [0, 0.05) is 49.0 Å². The molecule has 37 heavy (non-hydrogen) atoms. The lowest BCUT2D eigenvalue weighted by Gasteiger charge is -2.35. The molecular formula is C27H24N4O6. The number of carbonyl (C=O) groups is 2. The highest BCUT2D eigenvalue weighted by atomic mass is 16.6. The first kappa shape index (κ1) is 23.9. The van der Waals surface area contributed by atoms with Crippen molar-refractivity contribution in [2.75, 3.05) is 43.0 Å². The molecular weight excluding hydrogens is 476 g/mol. The Balaban J connectivity index is 1.12. The second kappa shape index (κ2) is 10.4. The summed E-state index contributed by atoms with van der Waals surface area (Å²) in [5, 5.41) is 14.7. The number of nitro groups is 1. The van der Waals surface area contributed by atoms with E-state index >= 15 is 0 Å². The van der Waals surface area contributed by atoms with Gasteiger partial charge in [0.05, 0.1) is 4.92 Å². The minimum Gasteiger partial charge on any atom is -0.477 e. The van der Waals surface area contributed by atoms with Gasteiger partial charge in [-0.25, -0.2) is 0 Å². The number of para-hydroxylation sites is 3. The zero-order valence-electron chi connectivity index (χ0n) is 19.8. The number of benzene rings is 3. The van der Waals surface area contributed by atoms with Crippen molar-refractivity contribution in [2.24, 2.45) is 0 Å². The fraction of sp³-hybridized carbons (Fsp3) is 0.185. The molecule has 2 heterocycles. The molecule has 0 saturated carbocycles. The molecule has 3 aromatic carbocycles. The Labute approximate surface area is 212 Å². The Morgan fingerprint density at radius 2 is 1.65 bits per heavy atom. The van der Waals surface area contributed by atoms with Gasteiger partial charge in [0.2, 0.25) is 0 Å². The van der Waals surface area contributed by atoms with Crippen LogP contribution in [0.25, 0.3) is 11.0 Å². The molecule has 1 aromatic heterocycles. The lowest BCUT2D eigenvalue weighted by molar-refractivity contribution is -0.385. The van der Waals surface area contributed by atoms with E-state index in [2.05, 4.69) is 10.2 Å². The van der Waals surface area contributed by atoms with Crippen molar-refractivity contribution in [3.8, 4) is 5.75 Å². The molecule has 10 heteroatoms. The van der Waals surface area contributed by atoms with Crippen LogP contribution in [0.15, 0.2) is 83.3 Å². The average molecular weight is 501 g/mol. The van der Waals surface area contributed by atoms with Crippen molar-refractivity contribution in [1.29, 1.82) is 0 Å². The van der Waals surface area contributed by atoms with Crippen molar-refractivity contribution < 1.29 is 23.7 Å². The number of fused-ring (bicyclic) bond motifs is 1. The van der Waals surface area contributed by atoms with Crippen LogP contribution in [0.2, 0.25) is 0 Å². The van der Waals surface area contributed by atoms with Crippen LogP contribution in [0.4, 0.5) is 17.1 Å². The number of furan rings is 1. The zero-order valence-corrected chi connectivity index (χ0v) is 19.8. The van der Waals surface area contributed by atoms with Crippen molar-refractivity contribution in [2.45, 2.75) is 0 Å². The maximum atomic E-state index is 12.9. The van der Waals surface area contributed by atoms with Gasteiger partial charge in [-0.2, -0.15) is 0 Å². The van der Waals surface area contributed by atoms with E-state index in [0.29, 0.717) is 43.2 Å². The van der Waals surface area contributed by atoms with E-state index in [4.69, 9.17) is 9.15 Å². The topological polar surface area (TPSA) is 118 Å². The van der Waals surface area contributed by atoms with Gasteiger partial charge in [0.15, 0.2) is 18.1 Å². The van der Waals surface area contributed by atoms with Crippen LogP contribution in [0, 0.1) is 10.1 Å². The second-order valence-corrected chi connectivity index (χ2v) is 8.54. The van der Waals surface area contributed by atoms with Crippen LogP contribution in [0.1, 0.15) is 10.6 Å². The van der Waals surface area contributed by atoms with E-state index in [1.165, 1.54) is 18.2 Å². The van der Waals surface area contributed by atoms with Crippen LogP contribution >= 0.6 is 0 Å². The SMILES string of the molecule is O=C(COc1ccccc1[N+](=O)[O-])Nc1ccc(N2CCN(C(=O)c3cc4ccccc4o3)CC2)cc1. The molecule has 5 rings (SSSR count). The van der Waals surface area contributed by atoms with Crippen LogP contribution in [-0.4, -0.2) is 54.4 Å². The molecule has 10 nitrogen and oxygen atoms in total. The number of hydrogen-bond donors (Lipinski definition) is 1. The summed E-state index contributed by atoms with van der Waals surface area (Å²) in [6.45, 7) is 2.12. The van der Waals surface area contributed by atoms with Crippen LogP contribution in [0.5, 0.6) is 5.75 Å². The largest absolute Gasteiger partial charge is 0.477 e. The summed E-state index contributed by atoms with van der Waals surface area (Å²) in [4.78, 5) is 39.6. The van der Waals surface area contributed by atoms with Crippen molar-refractivity contribution >= 4 is 39.8 Å². The first-order chi connectivity index (χ1) is 18.0. The third-order valence-corrected chi connectivity index (χ3v) is 6.14. The normalized spacial score (nSPS) is 13.4.